The molecule has 2 aromatic rings. The average molecular weight is 384 g/mol. The number of alkyl halides is 2. The Bertz CT molecular complexity index is 670. The molecule has 0 fully saturated rings. The largest absolute Gasteiger partial charge is 0.487 e. The maximum atomic E-state index is 11.3. The van der Waals surface area contributed by atoms with Crippen molar-refractivity contribution in [1.82, 2.24) is 0 Å². The van der Waals surface area contributed by atoms with Gasteiger partial charge in [-0.2, -0.15) is 0 Å². The van der Waals surface area contributed by atoms with Crippen LogP contribution in [0.1, 0.15) is 27.2 Å². The third-order valence-electron chi connectivity index (χ3n) is 3.37. The van der Waals surface area contributed by atoms with Crippen LogP contribution in [0.15, 0.2) is 48.5 Å². The lowest BCUT2D eigenvalue weighted by Crippen LogP contribution is -2.11. The predicted molar refractivity (Wildman–Crippen MR) is 105 cm³/mol. The Morgan fingerprint density at radius 1 is 1.04 bits per heavy atom. The first kappa shape index (κ1) is 21.3. The fourth-order valence-corrected chi connectivity index (χ4v) is 2.06. The molecule has 0 amide bonds. The first-order valence-electron chi connectivity index (χ1n) is 7.87. The van der Waals surface area contributed by atoms with Crippen LogP contribution in [0.2, 0.25) is 0 Å². The van der Waals surface area contributed by atoms with Crippen LogP contribution >= 0.6 is 23.2 Å². The summed E-state index contributed by atoms with van der Waals surface area (Å²) in [4.78, 5) is 10.9. The van der Waals surface area contributed by atoms with Crippen LogP contribution in [0.4, 0.5) is 5.69 Å². The molecule has 0 radical (unpaired) electrons. The average Bonchev–Trinajstić information content (AvgIpc) is 2.55. The Labute approximate surface area is 158 Å². The third kappa shape index (κ3) is 7.76. The van der Waals surface area contributed by atoms with Crippen LogP contribution in [0.3, 0.4) is 0 Å². The van der Waals surface area contributed by atoms with Gasteiger partial charge in [0.05, 0.1) is 16.9 Å². The molecule has 0 aliphatic carbocycles. The number of nitro benzene ring substituents is 1. The quantitative estimate of drug-likeness (QED) is 0.336. The topological polar surface area (TPSA) is 52.4 Å². The summed E-state index contributed by atoms with van der Waals surface area (Å²) in [5.74, 6) is 0.328. The van der Waals surface area contributed by atoms with E-state index in [1.165, 1.54) is 0 Å². The Hall–Kier alpha value is -1.78. The van der Waals surface area contributed by atoms with E-state index >= 15 is 0 Å². The molecular weight excluding hydrogens is 361 g/mol. The zero-order valence-corrected chi connectivity index (χ0v) is 16.2. The van der Waals surface area contributed by atoms with Gasteiger partial charge >= 0.3 is 5.69 Å². The molecule has 0 spiro atoms. The van der Waals surface area contributed by atoms with Crippen molar-refractivity contribution in [2.75, 3.05) is 11.9 Å². The molecule has 0 saturated heterocycles. The molecule has 0 N–H and O–H groups in total. The van der Waals surface area contributed by atoms with Gasteiger partial charge in [0.15, 0.2) is 5.75 Å². The molecule has 2 rings (SSSR count). The fourth-order valence-electron chi connectivity index (χ4n) is 2.06. The van der Waals surface area contributed by atoms with Crippen LogP contribution in [-0.2, 0) is 0 Å². The summed E-state index contributed by atoms with van der Waals surface area (Å²) in [6, 6.07) is 14.7. The molecule has 136 valence electrons. The van der Waals surface area contributed by atoms with Crippen molar-refractivity contribution >= 4 is 28.9 Å². The number of ether oxygens (including phenoxy) is 1. The van der Waals surface area contributed by atoms with E-state index in [9.17, 15) is 10.1 Å². The van der Waals surface area contributed by atoms with Gasteiger partial charge in [-0.1, -0.05) is 57.2 Å². The number of rotatable bonds is 5. The second-order valence-corrected chi connectivity index (χ2v) is 7.37. The molecule has 0 atom stereocenters. The molecule has 6 heteroatoms. The smallest absolute Gasteiger partial charge is 0.311 e. The van der Waals surface area contributed by atoms with Crippen LogP contribution in [0.5, 0.6) is 5.75 Å². The summed E-state index contributed by atoms with van der Waals surface area (Å²) in [6.45, 7) is 6.81. The SMILES string of the molecule is CC(C)(C)CCOc1ccc(-c2ccccc2)cc1[N+](=O)[O-].ClCCl. The van der Waals surface area contributed by atoms with Gasteiger partial charge in [0.2, 0.25) is 0 Å². The van der Waals surface area contributed by atoms with Crippen LogP contribution < -0.4 is 4.74 Å². The zero-order valence-electron chi connectivity index (χ0n) is 14.7. The molecule has 0 bridgehead atoms. The van der Waals surface area contributed by atoms with Crippen molar-refractivity contribution < 1.29 is 9.66 Å². The predicted octanol–water partition coefficient (Wildman–Crippen LogP) is 6.50. The first-order valence-corrected chi connectivity index (χ1v) is 8.94. The summed E-state index contributed by atoms with van der Waals surface area (Å²) >= 11 is 9.53. The van der Waals surface area contributed by atoms with Crippen molar-refractivity contribution in [3.8, 4) is 16.9 Å². The lowest BCUT2D eigenvalue weighted by Gasteiger charge is -2.18. The van der Waals surface area contributed by atoms with Gasteiger partial charge in [-0.3, -0.25) is 10.1 Å². The molecule has 0 aliphatic heterocycles. The van der Waals surface area contributed by atoms with E-state index in [-0.39, 0.29) is 16.4 Å². The molecule has 0 unspecified atom stereocenters. The summed E-state index contributed by atoms with van der Waals surface area (Å²) < 4.78 is 5.62. The maximum Gasteiger partial charge on any atom is 0.311 e. The van der Waals surface area contributed by atoms with Crippen molar-refractivity contribution in [2.45, 2.75) is 27.2 Å². The molecule has 0 saturated carbocycles. The van der Waals surface area contributed by atoms with Gasteiger partial charge in [-0.15, -0.1) is 23.2 Å². The van der Waals surface area contributed by atoms with E-state index in [1.807, 2.05) is 36.4 Å². The monoisotopic (exact) mass is 383 g/mol. The van der Waals surface area contributed by atoms with Crippen molar-refractivity contribution in [1.29, 1.82) is 0 Å². The lowest BCUT2D eigenvalue weighted by molar-refractivity contribution is -0.385. The fraction of sp³-hybridized carbons (Fsp3) is 0.368. The molecule has 25 heavy (non-hydrogen) atoms. The van der Waals surface area contributed by atoms with Gasteiger partial charge in [0.1, 0.15) is 0 Å². The minimum Gasteiger partial charge on any atom is -0.487 e. The van der Waals surface area contributed by atoms with E-state index in [0.717, 1.165) is 17.5 Å². The zero-order chi connectivity index (χ0) is 18.9. The standard InChI is InChI=1S/C18H21NO3.CH2Cl2/c1-18(2,3)11-12-22-17-10-9-15(13-16(17)19(20)21)14-7-5-4-6-8-14;2-1-3/h4-10,13H,11-12H2,1-3H3;1H2. The minimum atomic E-state index is -0.390. The molecular formula is C19H23Cl2NO3. The number of hydrogen-bond donors (Lipinski definition) is 0. The number of hydrogen-bond acceptors (Lipinski definition) is 3. The van der Waals surface area contributed by atoms with Crippen LogP contribution in [-0.4, -0.2) is 16.9 Å². The highest BCUT2D eigenvalue weighted by Crippen LogP contribution is 2.33. The summed E-state index contributed by atoms with van der Waals surface area (Å²) in [5.41, 5.74) is 1.91. The van der Waals surface area contributed by atoms with Gasteiger partial charge in [-0.25, -0.2) is 0 Å². The number of nitro groups is 1. The number of halogens is 2. The van der Waals surface area contributed by atoms with E-state index in [2.05, 4.69) is 20.8 Å². The Kier molecular flexibility index (Phi) is 8.73. The molecule has 2 aromatic carbocycles. The summed E-state index contributed by atoms with van der Waals surface area (Å²) in [7, 11) is 0. The highest BCUT2D eigenvalue weighted by molar-refractivity contribution is 6.40. The van der Waals surface area contributed by atoms with E-state index in [0.29, 0.717) is 12.4 Å². The Balaban J connectivity index is 0.000000970. The van der Waals surface area contributed by atoms with Crippen LogP contribution in [0, 0.1) is 15.5 Å². The van der Waals surface area contributed by atoms with Crippen molar-refractivity contribution in [2.24, 2.45) is 5.41 Å². The molecule has 4 nitrogen and oxygen atoms in total. The molecule has 0 aliphatic rings. The molecule has 0 aromatic heterocycles. The second-order valence-electron chi connectivity index (χ2n) is 6.57. The Morgan fingerprint density at radius 2 is 1.64 bits per heavy atom. The lowest BCUT2D eigenvalue weighted by atomic mass is 9.93. The van der Waals surface area contributed by atoms with Crippen LogP contribution in [0.25, 0.3) is 11.1 Å². The first-order chi connectivity index (χ1) is 11.8. The Morgan fingerprint density at radius 3 is 2.16 bits per heavy atom. The van der Waals surface area contributed by atoms with Crippen molar-refractivity contribution in [3.63, 3.8) is 0 Å². The highest BCUT2D eigenvalue weighted by atomic mass is 35.5. The van der Waals surface area contributed by atoms with E-state index < -0.39 is 4.92 Å². The second kappa shape index (κ2) is 10.3. The van der Waals surface area contributed by atoms with Gasteiger partial charge in [0, 0.05) is 6.07 Å². The number of nitrogens with zero attached hydrogens (tertiary/aromatic N) is 1. The highest BCUT2D eigenvalue weighted by Gasteiger charge is 2.18. The summed E-state index contributed by atoms with van der Waals surface area (Å²) in [5, 5.41) is 11.5. The minimum absolute atomic E-state index is 0.00950. The summed E-state index contributed by atoms with van der Waals surface area (Å²) in [6.07, 6.45) is 0.838. The number of benzene rings is 2. The van der Waals surface area contributed by atoms with Gasteiger partial charge < -0.3 is 4.74 Å². The van der Waals surface area contributed by atoms with E-state index in [4.69, 9.17) is 27.9 Å². The normalized spacial score (nSPS) is 10.6. The van der Waals surface area contributed by atoms with Gasteiger partial charge in [-0.05, 0) is 29.0 Å². The maximum absolute atomic E-state index is 11.3. The van der Waals surface area contributed by atoms with E-state index in [1.54, 1.807) is 12.1 Å². The third-order valence-corrected chi connectivity index (χ3v) is 3.37. The van der Waals surface area contributed by atoms with Crippen molar-refractivity contribution in [3.05, 3.63) is 58.6 Å². The van der Waals surface area contributed by atoms with Gasteiger partial charge in [0.25, 0.3) is 0 Å². The molecule has 0 heterocycles.